The second-order valence-electron chi connectivity index (χ2n) is 11.0. The quantitative estimate of drug-likeness (QED) is 0.255. The van der Waals surface area contributed by atoms with Crippen LogP contribution in [0.2, 0.25) is 0 Å². The van der Waals surface area contributed by atoms with Gasteiger partial charge in [-0.05, 0) is 62.5 Å². The number of likely N-dealkylation sites (N-methyl/N-ethyl adjacent to an activating group) is 1. The molecule has 12 nitrogen and oxygen atoms in total. The molecule has 6 rings (SSSR count). The van der Waals surface area contributed by atoms with Crippen LogP contribution < -0.4 is 20.4 Å². The number of halogens is 2. The first-order valence-electron chi connectivity index (χ1n) is 14.9. The monoisotopic (exact) mass is 695 g/mol. The third-order valence-corrected chi connectivity index (χ3v) is 8.16. The molecule has 0 bridgehead atoms. The lowest BCUT2D eigenvalue weighted by molar-refractivity contribution is -0.128. The van der Waals surface area contributed by atoms with E-state index in [0.29, 0.717) is 33.9 Å². The van der Waals surface area contributed by atoms with E-state index in [2.05, 4.69) is 27.8 Å². The van der Waals surface area contributed by atoms with Crippen LogP contribution in [0.25, 0.3) is 16.6 Å². The number of rotatable bonds is 7. The van der Waals surface area contributed by atoms with Gasteiger partial charge in [-0.1, -0.05) is 30.3 Å². The van der Waals surface area contributed by atoms with Crippen LogP contribution in [0.1, 0.15) is 34.1 Å². The summed E-state index contributed by atoms with van der Waals surface area (Å²) < 4.78 is 1.68. The Labute approximate surface area is 294 Å². The number of hydrogen-bond acceptors (Lipinski definition) is 8. The number of carbonyl (C=O) groups is 3. The van der Waals surface area contributed by atoms with E-state index in [9.17, 15) is 24.9 Å². The largest absolute Gasteiger partial charge is 0.341 e. The number of fused-ring (bicyclic) bond motifs is 2. The SMILES string of the molecule is CN[C@@H](C)C(=O)N[C@H]1CN(C(=O)c2ccncc2)c2cc(C#N)ccc2N(Cc2nn(-c3ccccc3C#N)c3ccccc23)C1=O.Cl.Cl. The minimum atomic E-state index is -1.14. The molecule has 0 radical (unpaired) electrons. The molecule has 5 aromatic rings. The van der Waals surface area contributed by atoms with Crippen molar-refractivity contribution in [3.63, 3.8) is 0 Å². The maximum Gasteiger partial charge on any atom is 0.258 e. The molecule has 0 fully saturated rings. The molecule has 0 spiro atoms. The first-order valence-corrected chi connectivity index (χ1v) is 14.9. The van der Waals surface area contributed by atoms with Gasteiger partial charge in [-0.25, -0.2) is 4.68 Å². The van der Waals surface area contributed by atoms with Crippen LogP contribution in [-0.2, 0) is 16.1 Å². The lowest BCUT2D eigenvalue weighted by Gasteiger charge is -2.26. The van der Waals surface area contributed by atoms with Crippen LogP contribution in [0.15, 0.2) is 91.3 Å². The molecular formula is C35H31Cl2N9O3. The highest BCUT2D eigenvalue weighted by molar-refractivity contribution is 6.13. The molecule has 3 heterocycles. The molecule has 3 aromatic carbocycles. The number of nitrogens with one attached hydrogen (secondary N) is 2. The van der Waals surface area contributed by atoms with Crippen molar-refractivity contribution in [2.75, 3.05) is 23.4 Å². The van der Waals surface area contributed by atoms with E-state index >= 15 is 0 Å². The molecule has 2 atom stereocenters. The van der Waals surface area contributed by atoms with Crippen molar-refractivity contribution in [2.45, 2.75) is 25.6 Å². The summed E-state index contributed by atoms with van der Waals surface area (Å²) in [5.74, 6) is -1.32. The van der Waals surface area contributed by atoms with Gasteiger partial charge in [-0.3, -0.25) is 19.4 Å². The second kappa shape index (κ2) is 15.4. The molecule has 1 aliphatic rings. The van der Waals surface area contributed by atoms with Crippen LogP contribution in [0.5, 0.6) is 0 Å². The van der Waals surface area contributed by atoms with E-state index in [-0.39, 0.29) is 43.5 Å². The number of nitriles is 2. The number of benzene rings is 3. The summed E-state index contributed by atoms with van der Waals surface area (Å²) in [7, 11) is 1.63. The molecule has 0 unspecified atom stereocenters. The summed E-state index contributed by atoms with van der Waals surface area (Å²) >= 11 is 0. The fourth-order valence-corrected chi connectivity index (χ4v) is 5.58. The zero-order valence-electron chi connectivity index (χ0n) is 26.4. The van der Waals surface area contributed by atoms with Crippen LogP contribution in [0.3, 0.4) is 0 Å². The highest BCUT2D eigenvalue weighted by Crippen LogP contribution is 2.37. The van der Waals surface area contributed by atoms with Gasteiger partial charge in [0.05, 0.1) is 64.6 Å². The molecule has 2 N–H and O–H groups in total. The van der Waals surface area contributed by atoms with Gasteiger partial charge in [0.15, 0.2) is 0 Å². The Balaban J connectivity index is 0.00000270. The number of amides is 3. The van der Waals surface area contributed by atoms with Gasteiger partial charge in [0.1, 0.15) is 12.1 Å². The molecule has 2 aromatic heterocycles. The molecular weight excluding hydrogens is 665 g/mol. The van der Waals surface area contributed by atoms with Crippen molar-refractivity contribution in [1.29, 1.82) is 10.5 Å². The van der Waals surface area contributed by atoms with Crippen molar-refractivity contribution in [1.82, 2.24) is 25.4 Å². The normalized spacial score (nSPS) is 14.3. The first-order chi connectivity index (χ1) is 22.8. The number of para-hydroxylation sites is 2. The Hall–Kier alpha value is -5.79. The van der Waals surface area contributed by atoms with Gasteiger partial charge in [0, 0.05) is 23.3 Å². The minimum absolute atomic E-state index is 0. The Morgan fingerprint density at radius 1 is 0.939 bits per heavy atom. The minimum Gasteiger partial charge on any atom is -0.341 e. The van der Waals surface area contributed by atoms with Gasteiger partial charge in [0.25, 0.3) is 11.8 Å². The third kappa shape index (κ3) is 6.93. The molecule has 3 amide bonds. The lowest BCUT2D eigenvalue weighted by Crippen LogP contribution is -2.55. The molecule has 14 heteroatoms. The van der Waals surface area contributed by atoms with E-state index in [1.165, 1.54) is 22.2 Å². The average Bonchev–Trinajstić information content (AvgIpc) is 3.44. The molecule has 1 aliphatic heterocycles. The summed E-state index contributed by atoms with van der Waals surface area (Å²) in [6.45, 7) is 1.44. The van der Waals surface area contributed by atoms with Gasteiger partial charge in [-0.2, -0.15) is 15.6 Å². The lowest BCUT2D eigenvalue weighted by atomic mass is 10.1. The zero-order valence-corrected chi connectivity index (χ0v) is 28.0. The fourth-order valence-electron chi connectivity index (χ4n) is 5.58. The number of anilines is 2. The predicted octanol–water partition coefficient (Wildman–Crippen LogP) is 4.29. The summed E-state index contributed by atoms with van der Waals surface area (Å²) in [5, 5.41) is 31.0. The Morgan fingerprint density at radius 2 is 1.65 bits per heavy atom. The van der Waals surface area contributed by atoms with Crippen LogP contribution in [-0.4, -0.2) is 58.2 Å². The van der Waals surface area contributed by atoms with E-state index in [4.69, 9.17) is 5.10 Å². The van der Waals surface area contributed by atoms with Crippen molar-refractivity contribution < 1.29 is 14.4 Å². The first kappa shape index (κ1) is 36.1. The van der Waals surface area contributed by atoms with E-state index in [1.54, 1.807) is 67.2 Å². The van der Waals surface area contributed by atoms with Crippen LogP contribution >= 0.6 is 24.8 Å². The molecule has 0 aliphatic carbocycles. The van der Waals surface area contributed by atoms with E-state index in [1.807, 2.05) is 30.3 Å². The van der Waals surface area contributed by atoms with Crippen molar-refractivity contribution >= 4 is 64.8 Å². The highest BCUT2D eigenvalue weighted by atomic mass is 35.5. The van der Waals surface area contributed by atoms with Crippen molar-refractivity contribution in [3.8, 4) is 17.8 Å². The van der Waals surface area contributed by atoms with Gasteiger partial charge in [0.2, 0.25) is 5.91 Å². The molecule has 0 saturated carbocycles. The fraction of sp³-hybridized carbons (Fsp3) is 0.171. The maximum atomic E-state index is 14.5. The Morgan fingerprint density at radius 3 is 2.37 bits per heavy atom. The third-order valence-electron chi connectivity index (χ3n) is 8.16. The number of nitrogens with zero attached hydrogens (tertiary/aromatic N) is 7. The standard InChI is InChI=1S/C35H29N9O3.2ClH/c1-22(38-2)33(45)40-28-21-43(34(46)24-13-15-39-16-14-24)32-17-23(18-36)11-12-31(32)42(35(28)47)20-27-26-8-4-6-10-30(26)44(41-27)29-9-5-3-7-25(29)19-37;;/h3-17,22,28,38H,20-21H2,1-2H3,(H,40,45);2*1H/t22-,28-;;/m0../s1. The number of pyridine rings is 1. The van der Waals surface area contributed by atoms with Crippen molar-refractivity contribution in [3.05, 3.63) is 114 Å². The average molecular weight is 697 g/mol. The predicted molar refractivity (Wildman–Crippen MR) is 189 cm³/mol. The Kier molecular flexibility index (Phi) is 11.3. The molecule has 49 heavy (non-hydrogen) atoms. The van der Waals surface area contributed by atoms with Crippen LogP contribution in [0, 0.1) is 22.7 Å². The van der Waals surface area contributed by atoms with Gasteiger partial charge < -0.3 is 20.4 Å². The molecule has 248 valence electrons. The number of carbonyl (C=O) groups excluding carboxylic acids is 3. The van der Waals surface area contributed by atoms with E-state index in [0.717, 1.165) is 10.9 Å². The maximum absolute atomic E-state index is 14.5. The zero-order chi connectivity index (χ0) is 33.1. The number of aromatic nitrogens is 3. The molecule has 0 saturated heterocycles. The highest BCUT2D eigenvalue weighted by Gasteiger charge is 2.38. The number of hydrogen-bond donors (Lipinski definition) is 2. The summed E-state index contributed by atoms with van der Waals surface area (Å²) in [5.41, 5.74) is 3.58. The van der Waals surface area contributed by atoms with Gasteiger partial charge in [-0.15, -0.1) is 24.8 Å². The van der Waals surface area contributed by atoms with Crippen LogP contribution in [0.4, 0.5) is 11.4 Å². The second-order valence-corrected chi connectivity index (χ2v) is 11.0. The topological polar surface area (TPSA) is 160 Å². The summed E-state index contributed by atoms with van der Waals surface area (Å²) in [4.78, 5) is 48.6. The smallest absolute Gasteiger partial charge is 0.258 e. The van der Waals surface area contributed by atoms with Crippen molar-refractivity contribution in [2.24, 2.45) is 0 Å². The summed E-state index contributed by atoms with van der Waals surface area (Å²) in [6, 6.07) is 25.1. The summed E-state index contributed by atoms with van der Waals surface area (Å²) in [6.07, 6.45) is 2.99. The van der Waals surface area contributed by atoms with Gasteiger partial charge >= 0.3 is 0 Å². The van der Waals surface area contributed by atoms with E-state index < -0.39 is 29.8 Å². The Bertz CT molecular complexity index is 2110.